The number of para-hydroxylation sites is 1. The average Bonchev–Trinajstić information content (AvgIpc) is 3.33. The number of amides is 4. The van der Waals surface area contributed by atoms with Gasteiger partial charge in [0.1, 0.15) is 18.1 Å². The Morgan fingerprint density at radius 1 is 0.927 bits per heavy atom. The third-order valence-electron chi connectivity index (χ3n) is 6.15. The van der Waals surface area contributed by atoms with Gasteiger partial charge in [0.05, 0.1) is 6.04 Å². The van der Waals surface area contributed by atoms with Crippen LogP contribution in [0, 0.1) is 0 Å². The molecular formula is C25H37N9O6S. The van der Waals surface area contributed by atoms with Crippen molar-refractivity contribution in [2.75, 3.05) is 12.3 Å². The molecule has 4 atom stereocenters. The number of nitrogens with one attached hydrogen (secondary N) is 4. The highest BCUT2D eigenvalue weighted by Gasteiger charge is 2.30. The number of carbonyl (C=O) groups is 5. The minimum absolute atomic E-state index is 0.00894. The standard InChI is InChI=1S/C25H37N9O6S/c26-15(7-8-20(27)35)21(36)32-17(6-3-9-30-25(28)29)22(37)34-19(12-41)23(38)33-18(24(39)40)10-13-11-31-16-5-2-1-4-14(13)16/h1-2,4-5,11,15,17-19,31,41H,3,6-10,12,26H2,(H2,27,35)(H,32,36)(H,33,38)(H,34,37)(H,39,40)(H4,28,29,30). The maximum absolute atomic E-state index is 13.1. The molecule has 41 heavy (non-hydrogen) atoms. The van der Waals surface area contributed by atoms with Crippen LogP contribution in [0.15, 0.2) is 35.5 Å². The van der Waals surface area contributed by atoms with E-state index in [0.717, 1.165) is 10.9 Å². The van der Waals surface area contributed by atoms with E-state index in [9.17, 15) is 29.1 Å². The second-order valence-electron chi connectivity index (χ2n) is 9.33. The molecule has 0 radical (unpaired) electrons. The van der Waals surface area contributed by atoms with E-state index >= 15 is 0 Å². The minimum Gasteiger partial charge on any atom is -0.480 e. The summed E-state index contributed by atoms with van der Waals surface area (Å²) >= 11 is 4.14. The van der Waals surface area contributed by atoms with E-state index in [1.54, 1.807) is 6.20 Å². The molecule has 4 unspecified atom stereocenters. The summed E-state index contributed by atoms with van der Waals surface area (Å²) < 4.78 is 0. The molecule has 2 rings (SSSR count). The quantitative estimate of drug-likeness (QED) is 0.0414. The zero-order valence-electron chi connectivity index (χ0n) is 22.3. The molecular weight excluding hydrogens is 554 g/mol. The Labute approximate surface area is 241 Å². The predicted octanol–water partition coefficient (Wildman–Crippen LogP) is -2.17. The molecule has 0 aliphatic rings. The summed E-state index contributed by atoms with van der Waals surface area (Å²) in [6, 6.07) is 2.56. The van der Waals surface area contributed by atoms with Crippen LogP contribution in [0.5, 0.6) is 0 Å². The van der Waals surface area contributed by atoms with Gasteiger partial charge in [-0.3, -0.25) is 24.2 Å². The summed E-state index contributed by atoms with van der Waals surface area (Å²) in [5.74, 6) is -4.41. The van der Waals surface area contributed by atoms with Crippen molar-refractivity contribution in [3.8, 4) is 0 Å². The van der Waals surface area contributed by atoms with Gasteiger partial charge in [-0.05, 0) is 30.9 Å². The number of fused-ring (bicyclic) bond motifs is 1. The Kier molecular flexibility index (Phi) is 12.9. The molecule has 0 spiro atoms. The molecule has 16 heteroatoms. The summed E-state index contributed by atoms with van der Waals surface area (Å²) in [5, 5.41) is 18.0. The number of H-pyrrole nitrogens is 1. The number of hydrogen-bond donors (Lipinski definition) is 10. The number of aromatic nitrogens is 1. The number of aliphatic imine (C=N–C) groups is 1. The van der Waals surface area contributed by atoms with Gasteiger partial charge in [0.15, 0.2) is 5.96 Å². The van der Waals surface area contributed by atoms with Gasteiger partial charge in [0, 0.05) is 42.2 Å². The fourth-order valence-electron chi connectivity index (χ4n) is 3.94. The number of carboxylic acid groups (broad SMARTS) is 1. The van der Waals surface area contributed by atoms with Crippen LogP contribution in [0.1, 0.15) is 31.2 Å². The lowest BCUT2D eigenvalue weighted by Gasteiger charge is -2.24. The fraction of sp³-hybridized carbons (Fsp3) is 0.440. The molecule has 224 valence electrons. The number of aliphatic carboxylic acids is 1. The lowest BCUT2D eigenvalue weighted by atomic mass is 10.0. The zero-order chi connectivity index (χ0) is 30.5. The number of primary amides is 1. The number of benzene rings is 1. The first-order valence-corrected chi connectivity index (χ1v) is 13.4. The van der Waals surface area contributed by atoms with Gasteiger partial charge in [-0.15, -0.1) is 0 Å². The summed E-state index contributed by atoms with van der Waals surface area (Å²) in [5.41, 5.74) is 23.1. The third kappa shape index (κ3) is 10.6. The SMILES string of the molecule is NC(=O)CCC(N)C(=O)NC(CCCN=C(N)N)C(=O)NC(CS)C(=O)NC(Cc1c[nH]c2ccccc12)C(=O)O. The van der Waals surface area contributed by atoms with Crippen LogP contribution >= 0.6 is 12.6 Å². The van der Waals surface area contributed by atoms with Gasteiger partial charge in [0.25, 0.3) is 0 Å². The van der Waals surface area contributed by atoms with Crippen molar-refractivity contribution in [1.29, 1.82) is 0 Å². The molecule has 13 N–H and O–H groups in total. The second-order valence-corrected chi connectivity index (χ2v) is 9.69. The number of thiol groups is 1. The molecule has 15 nitrogen and oxygen atoms in total. The third-order valence-corrected chi connectivity index (χ3v) is 6.51. The van der Waals surface area contributed by atoms with E-state index in [4.69, 9.17) is 22.9 Å². The number of carbonyl (C=O) groups excluding carboxylic acids is 4. The van der Waals surface area contributed by atoms with Crippen molar-refractivity contribution >= 4 is 59.1 Å². The molecule has 1 heterocycles. The number of nitrogens with two attached hydrogens (primary N) is 4. The Hall–Kier alpha value is -4.31. The van der Waals surface area contributed by atoms with E-state index < -0.39 is 53.8 Å². The van der Waals surface area contributed by atoms with Gasteiger partial charge in [-0.25, -0.2) is 4.79 Å². The summed E-state index contributed by atoms with van der Waals surface area (Å²) in [6.45, 7) is 0.167. The van der Waals surface area contributed by atoms with Crippen molar-refractivity contribution in [3.63, 3.8) is 0 Å². The Balaban J connectivity index is 2.10. The van der Waals surface area contributed by atoms with Gasteiger partial charge in [-0.1, -0.05) is 18.2 Å². The number of carboxylic acids is 1. The molecule has 0 saturated carbocycles. The van der Waals surface area contributed by atoms with Crippen molar-refractivity contribution < 1.29 is 29.1 Å². The van der Waals surface area contributed by atoms with Crippen LogP contribution in [-0.4, -0.2) is 82.1 Å². The van der Waals surface area contributed by atoms with Crippen LogP contribution in [0.2, 0.25) is 0 Å². The normalized spacial score (nSPS) is 13.8. The largest absolute Gasteiger partial charge is 0.480 e. The van der Waals surface area contributed by atoms with Gasteiger partial charge in [-0.2, -0.15) is 12.6 Å². The summed E-state index contributed by atoms with van der Waals surface area (Å²) in [6.07, 6.45) is 1.88. The molecule has 1 aromatic carbocycles. The van der Waals surface area contributed by atoms with E-state index in [-0.39, 0.29) is 50.4 Å². The maximum atomic E-state index is 13.1. The number of aromatic amines is 1. The topological polar surface area (TPSA) is 274 Å². The van der Waals surface area contributed by atoms with Crippen LogP contribution in [-0.2, 0) is 30.4 Å². The smallest absolute Gasteiger partial charge is 0.326 e. The molecule has 2 aromatic rings. The first-order chi connectivity index (χ1) is 19.4. The minimum atomic E-state index is -1.29. The molecule has 0 fully saturated rings. The van der Waals surface area contributed by atoms with E-state index in [1.807, 2.05) is 24.3 Å². The number of hydrogen-bond acceptors (Lipinski definition) is 8. The van der Waals surface area contributed by atoms with Gasteiger partial charge in [0.2, 0.25) is 23.6 Å². The van der Waals surface area contributed by atoms with Crippen LogP contribution in [0.3, 0.4) is 0 Å². The molecule has 0 aliphatic carbocycles. The van der Waals surface area contributed by atoms with E-state index in [1.165, 1.54) is 0 Å². The summed E-state index contributed by atoms with van der Waals surface area (Å²) in [7, 11) is 0. The van der Waals surface area contributed by atoms with Crippen LogP contribution in [0.4, 0.5) is 0 Å². The second kappa shape index (κ2) is 16.1. The highest BCUT2D eigenvalue weighted by atomic mass is 32.1. The number of nitrogens with zero attached hydrogens (tertiary/aromatic N) is 1. The first kappa shape index (κ1) is 32.9. The maximum Gasteiger partial charge on any atom is 0.326 e. The Bertz CT molecular complexity index is 1260. The Morgan fingerprint density at radius 3 is 2.20 bits per heavy atom. The highest BCUT2D eigenvalue weighted by Crippen LogP contribution is 2.19. The van der Waals surface area contributed by atoms with E-state index in [2.05, 4.69) is 38.6 Å². The van der Waals surface area contributed by atoms with Gasteiger partial charge < -0.3 is 49.0 Å². The molecule has 0 aliphatic heterocycles. The monoisotopic (exact) mass is 591 g/mol. The molecule has 0 bridgehead atoms. The molecule has 4 amide bonds. The molecule has 0 saturated heterocycles. The lowest BCUT2D eigenvalue weighted by Crippen LogP contribution is -2.57. The van der Waals surface area contributed by atoms with E-state index in [0.29, 0.717) is 5.56 Å². The lowest BCUT2D eigenvalue weighted by molar-refractivity contribution is -0.142. The number of guanidine groups is 1. The van der Waals surface area contributed by atoms with Gasteiger partial charge >= 0.3 is 5.97 Å². The van der Waals surface area contributed by atoms with Crippen molar-refractivity contribution in [1.82, 2.24) is 20.9 Å². The molecule has 1 aromatic heterocycles. The Morgan fingerprint density at radius 2 is 1.56 bits per heavy atom. The van der Waals surface area contributed by atoms with Crippen molar-refractivity contribution in [2.24, 2.45) is 27.9 Å². The highest BCUT2D eigenvalue weighted by molar-refractivity contribution is 7.80. The van der Waals surface area contributed by atoms with Crippen LogP contribution in [0.25, 0.3) is 10.9 Å². The zero-order valence-corrected chi connectivity index (χ0v) is 23.2. The predicted molar refractivity (Wildman–Crippen MR) is 156 cm³/mol. The van der Waals surface area contributed by atoms with Crippen molar-refractivity contribution in [3.05, 3.63) is 36.0 Å². The van der Waals surface area contributed by atoms with Crippen LogP contribution < -0.4 is 38.9 Å². The van der Waals surface area contributed by atoms with Crippen molar-refractivity contribution in [2.45, 2.75) is 56.3 Å². The summed E-state index contributed by atoms with van der Waals surface area (Å²) in [4.78, 5) is 68.6. The number of rotatable bonds is 17. The fourth-order valence-corrected chi connectivity index (χ4v) is 4.20. The average molecular weight is 592 g/mol. The first-order valence-electron chi connectivity index (χ1n) is 12.8.